The van der Waals surface area contributed by atoms with Crippen molar-refractivity contribution in [3.63, 3.8) is 0 Å². The Morgan fingerprint density at radius 2 is 1.71 bits per heavy atom. The van der Waals surface area contributed by atoms with Crippen LogP contribution in [0.15, 0.2) is 29.2 Å². The highest BCUT2D eigenvalue weighted by Gasteiger charge is 2.35. The van der Waals surface area contributed by atoms with Gasteiger partial charge in [0.1, 0.15) is 0 Å². The molecule has 0 radical (unpaired) electrons. The van der Waals surface area contributed by atoms with E-state index in [0.717, 1.165) is 32.6 Å². The van der Waals surface area contributed by atoms with Gasteiger partial charge in [0.05, 0.1) is 4.90 Å². The lowest BCUT2D eigenvalue weighted by molar-refractivity contribution is 0.0773. The average molecular weight is 431 g/mol. The molecule has 0 aliphatic carbocycles. The smallest absolute Gasteiger partial charge is 0.253 e. The molecule has 0 spiro atoms. The molecule has 1 N–H and O–H groups in total. The van der Waals surface area contributed by atoms with Crippen molar-refractivity contribution >= 4 is 28.3 Å². The van der Waals surface area contributed by atoms with Gasteiger partial charge in [-0.25, -0.2) is 8.42 Å². The van der Waals surface area contributed by atoms with E-state index in [9.17, 15) is 13.2 Å². The van der Waals surface area contributed by atoms with E-state index in [2.05, 4.69) is 10.2 Å². The van der Waals surface area contributed by atoms with Crippen LogP contribution in [0.1, 0.15) is 30.6 Å². The van der Waals surface area contributed by atoms with Gasteiger partial charge >= 0.3 is 0 Å². The summed E-state index contributed by atoms with van der Waals surface area (Å²) < 4.78 is 27.6. The van der Waals surface area contributed by atoms with Crippen LogP contribution in [0.2, 0.25) is 0 Å². The lowest BCUT2D eigenvalue weighted by Gasteiger charge is -2.32. The number of rotatable bonds is 6. The van der Waals surface area contributed by atoms with Crippen molar-refractivity contribution in [2.75, 3.05) is 52.4 Å². The third-order valence-corrected chi connectivity index (χ3v) is 7.46. The predicted octanol–water partition coefficient (Wildman–Crippen LogP) is 1.26. The van der Waals surface area contributed by atoms with Crippen molar-refractivity contribution < 1.29 is 13.2 Å². The van der Waals surface area contributed by atoms with Gasteiger partial charge in [0.25, 0.3) is 5.91 Å². The van der Waals surface area contributed by atoms with E-state index in [-0.39, 0.29) is 23.2 Å². The zero-order valence-electron chi connectivity index (χ0n) is 16.6. The summed E-state index contributed by atoms with van der Waals surface area (Å²) in [5.74, 6) is -0.0658. The van der Waals surface area contributed by atoms with Crippen molar-refractivity contribution in [2.24, 2.45) is 0 Å². The molecule has 2 fully saturated rings. The number of hydrogen-bond donors (Lipinski definition) is 1. The summed E-state index contributed by atoms with van der Waals surface area (Å²) in [6, 6.07) is 6.66. The SMILES string of the molecule is CCN(CC)C(=O)c1ccc(S(=O)(=O)N2CCC(N3CCNCC3)C2)cc1.Cl. The van der Waals surface area contributed by atoms with E-state index in [0.29, 0.717) is 37.8 Å². The third kappa shape index (κ3) is 4.86. The molecule has 28 heavy (non-hydrogen) atoms. The summed E-state index contributed by atoms with van der Waals surface area (Å²) in [4.78, 5) is 16.8. The van der Waals surface area contributed by atoms with Crippen LogP contribution in [-0.2, 0) is 10.0 Å². The quantitative estimate of drug-likeness (QED) is 0.735. The van der Waals surface area contributed by atoms with Crippen molar-refractivity contribution in [1.82, 2.24) is 19.4 Å². The fraction of sp³-hybridized carbons (Fsp3) is 0.632. The maximum absolute atomic E-state index is 13.0. The van der Waals surface area contributed by atoms with E-state index in [1.54, 1.807) is 33.5 Å². The fourth-order valence-corrected chi connectivity index (χ4v) is 5.38. The highest BCUT2D eigenvalue weighted by molar-refractivity contribution is 7.89. The largest absolute Gasteiger partial charge is 0.339 e. The number of sulfonamides is 1. The highest BCUT2D eigenvalue weighted by atomic mass is 35.5. The van der Waals surface area contributed by atoms with Crippen molar-refractivity contribution in [1.29, 1.82) is 0 Å². The van der Waals surface area contributed by atoms with Gasteiger partial charge in [-0.2, -0.15) is 4.31 Å². The second kappa shape index (κ2) is 10.0. The first-order valence-corrected chi connectivity index (χ1v) is 11.3. The minimum atomic E-state index is -3.52. The Bertz CT molecular complexity index is 747. The summed E-state index contributed by atoms with van der Waals surface area (Å²) in [5.41, 5.74) is 0.526. The summed E-state index contributed by atoms with van der Waals surface area (Å²) in [7, 11) is -3.52. The minimum Gasteiger partial charge on any atom is -0.339 e. The standard InChI is InChI=1S/C19H30N4O3S.ClH/c1-3-21(4-2)19(24)16-5-7-18(8-6-16)27(25,26)23-12-9-17(15-23)22-13-10-20-11-14-22;/h5-8,17,20H,3-4,9-15H2,1-2H3;1H. The maximum Gasteiger partial charge on any atom is 0.253 e. The van der Waals surface area contributed by atoms with Gasteiger partial charge in [-0.15, -0.1) is 12.4 Å². The molecule has 0 saturated carbocycles. The molecule has 0 bridgehead atoms. The van der Waals surface area contributed by atoms with Gasteiger partial charge in [-0.05, 0) is 44.5 Å². The normalized spacial score (nSPS) is 21.3. The van der Waals surface area contributed by atoms with E-state index in [1.807, 2.05) is 13.8 Å². The molecule has 3 rings (SSSR count). The van der Waals surface area contributed by atoms with Gasteiger partial charge in [-0.1, -0.05) is 0 Å². The summed E-state index contributed by atoms with van der Waals surface area (Å²) in [6.45, 7) is 10.1. The molecule has 0 aromatic heterocycles. The van der Waals surface area contributed by atoms with Gasteiger partial charge in [-0.3, -0.25) is 9.69 Å². The molecule has 7 nitrogen and oxygen atoms in total. The Balaban J connectivity index is 0.00000280. The predicted molar refractivity (Wildman–Crippen MR) is 113 cm³/mol. The first-order chi connectivity index (χ1) is 13.0. The molecule has 2 aliphatic rings. The Labute approximate surface area is 174 Å². The maximum atomic E-state index is 13.0. The molecule has 1 unspecified atom stereocenters. The molecule has 1 amide bonds. The third-order valence-electron chi connectivity index (χ3n) is 5.58. The Morgan fingerprint density at radius 1 is 1.11 bits per heavy atom. The number of benzene rings is 1. The van der Waals surface area contributed by atoms with E-state index in [1.165, 1.54) is 0 Å². The number of piperazine rings is 1. The number of nitrogens with one attached hydrogen (secondary N) is 1. The summed E-state index contributed by atoms with van der Waals surface area (Å²) in [6.07, 6.45) is 0.873. The van der Waals surface area contributed by atoms with E-state index < -0.39 is 10.0 Å². The lowest BCUT2D eigenvalue weighted by Crippen LogP contribution is -2.49. The highest BCUT2D eigenvalue weighted by Crippen LogP contribution is 2.24. The number of nitrogens with zero attached hydrogens (tertiary/aromatic N) is 3. The Hall–Kier alpha value is -1.19. The van der Waals surface area contributed by atoms with Crippen LogP contribution in [0.4, 0.5) is 0 Å². The van der Waals surface area contributed by atoms with Crippen molar-refractivity contribution in [3.8, 4) is 0 Å². The van der Waals surface area contributed by atoms with Crippen molar-refractivity contribution in [3.05, 3.63) is 29.8 Å². The second-order valence-electron chi connectivity index (χ2n) is 7.09. The molecular weight excluding hydrogens is 400 g/mol. The van der Waals surface area contributed by atoms with Gasteiger partial charge in [0, 0.05) is 64.0 Å². The number of carbonyl (C=O) groups excluding carboxylic acids is 1. The molecule has 158 valence electrons. The Kier molecular flexibility index (Phi) is 8.27. The number of halogens is 1. The zero-order valence-corrected chi connectivity index (χ0v) is 18.3. The summed E-state index contributed by atoms with van der Waals surface area (Å²) in [5, 5.41) is 3.33. The van der Waals surface area contributed by atoms with Gasteiger partial charge in [0.15, 0.2) is 0 Å². The van der Waals surface area contributed by atoms with Crippen LogP contribution in [0, 0.1) is 0 Å². The number of amides is 1. The van der Waals surface area contributed by atoms with Crippen LogP contribution in [0.5, 0.6) is 0 Å². The molecule has 1 aromatic carbocycles. The Morgan fingerprint density at radius 3 is 2.29 bits per heavy atom. The monoisotopic (exact) mass is 430 g/mol. The number of carbonyl (C=O) groups is 1. The summed E-state index contributed by atoms with van der Waals surface area (Å²) >= 11 is 0. The van der Waals surface area contributed by atoms with Gasteiger partial charge < -0.3 is 10.2 Å². The first-order valence-electron chi connectivity index (χ1n) is 9.81. The minimum absolute atomic E-state index is 0. The van der Waals surface area contributed by atoms with E-state index in [4.69, 9.17) is 0 Å². The van der Waals surface area contributed by atoms with E-state index >= 15 is 0 Å². The van der Waals surface area contributed by atoms with Crippen LogP contribution in [0.25, 0.3) is 0 Å². The molecule has 2 aliphatic heterocycles. The van der Waals surface area contributed by atoms with Crippen molar-refractivity contribution in [2.45, 2.75) is 31.2 Å². The molecule has 1 atom stereocenters. The molecule has 9 heteroatoms. The molecule has 1 aromatic rings. The topological polar surface area (TPSA) is 73.0 Å². The van der Waals surface area contributed by atoms with Crippen LogP contribution >= 0.6 is 12.4 Å². The number of hydrogen-bond acceptors (Lipinski definition) is 5. The second-order valence-corrected chi connectivity index (χ2v) is 9.03. The fourth-order valence-electron chi connectivity index (χ4n) is 3.89. The first kappa shape index (κ1) is 23.1. The van der Waals surface area contributed by atoms with Crippen LogP contribution < -0.4 is 5.32 Å². The molecule has 2 heterocycles. The lowest BCUT2D eigenvalue weighted by atomic mass is 10.2. The molecule has 2 saturated heterocycles. The van der Waals surface area contributed by atoms with Crippen LogP contribution in [0.3, 0.4) is 0 Å². The van der Waals surface area contributed by atoms with Crippen LogP contribution in [-0.4, -0.2) is 86.8 Å². The zero-order chi connectivity index (χ0) is 19.4. The van der Waals surface area contributed by atoms with Gasteiger partial charge in [0.2, 0.25) is 10.0 Å². The molecular formula is C19H31ClN4O3S. The average Bonchev–Trinajstić information content (AvgIpc) is 3.21.